The lowest BCUT2D eigenvalue weighted by Gasteiger charge is -2.10. The molecule has 3 N–H and O–H groups in total. The Morgan fingerprint density at radius 3 is 2.84 bits per heavy atom. The number of pyridine rings is 1. The number of ether oxygens (including phenoxy) is 1. The van der Waals surface area contributed by atoms with E-state index < -0.39 is 10.8 Å². The SMILES string of the molecule is CCOc1ccc(C(=O)NC(=S)Nc2ncccc2O)cc1[N+](=O)[O-]. The zero-order chi connectivity index (χ0) is 18.4. The average molecular weight is 362 g/mol. The van der Waals surface area contributed by atoms with Gasteiger partial charge in [-0.05, 0) is 43.4 Å². The number of thiocarbonyl (C=S) groups is 1. The van der Waals surface area contributed by atoms with Crippen LogP contribution in [0.3, 0.4) is 0 Å². The summed E-state index contributed by atoms with van der Waals surface area (Å²) < 4.78 is 5.16. The van der Waals surface area contributed by atoms with Crippen molar-refractivity contribution >= 4 is 34.7 Å². The van der Waals surface area contributed by atoms with E-state index in [1.807, 2.05) is 0 Å². The number of amides is 1. The van der Waals surface area contributed by atoms with Gasteiger partial charge in [-0.2, -0.15) is 0 Å². The summed E-state index contributed by atoms with van der Waals surface area (Å²) in [6.07, 6.45) is 1.43. The van der Waals surface area contributed by atoms with Crippen LogP contribution >= 0.6 is 12.2 Å². The van der Waals surface area contributed by atoms with Crippen molar-refractivity contribution < 1.29 is 19.6 Å². The molecule has 0 atom stereocenters. The maximum absolute atomic E-state index is 12.2. The first-order valence-corrected chi connectivity index (χ1v) is 7.50. The van der Waals surface area contributed by atoms with Gasteiger partial charge in [0.15, 0.2) is 22.4 Å². The van der Waals surface area contributed by atoms with E-state index in [0.29, 0.717) is 0 Å². The van der Waals surface area contributed by atoms with Crippen molar-refractivity contribution in [1.82, 2.24) is 10.3 Å². The first-order valence-electron chi connectivity index (χ1n) is 7.10. The Labute approximate surface area is 147 Å². The topological polar surface area (TPSA) is 127 Å². The number of rotatable bonds is 5. The zero-order valence-corrected chi connectivity index (χ0v) is 13.9. The first-order chi connectivity index (χ1) is 11.9. The van der Waals surface area contributed by atoms with E-state index in [1.165, 1.54) is 30.5 Å². The summed E-state index contributed by atoms with van der Waals surface area (Å²) in [6.45, 7) is 1.95. The number of hydrogen-bond acceptors (Lipinski definition) is 7. The molecule has 0 spiro atoms. The lowest BCUT2D eigenvalue weighted by molar-refractivity contribution is -0.385. The summed E-state index contributed by atoms with van der Waals surface area (Å²) in [6, 6.07) is 6.75. The van der Waals surface area contributed by atoms with Gasteiger partial charge in [-0.1, -0.05) is 0 Å². The van der Waals surface area contributed by atoms with E-state index in [2.05, 4.69) is 15.6 Å². The van der Waals surface area contributed by atoms with Crippen LogP contribution in [0, 0.1) is 10.1 Å². The average Bonchev–Trinajstić information content (AvgIpc) is 2.57. The van der Waals surface area contributed by atoms with Crippen molar-refractivity contribution in [3.63, 3.8) is 0 Å². The molecule has 0 fully saturated rings. The third kappa shape index (κ3) is 4.61. The molecule has 1 aromatic carbocycles. The number of carbonyl (C=O) groups excluding carboxylic acids is 1. The van der Waals surface area contributed by atoms with Crippen LogP contribution in [0.25, 0.3) is 0 Å². The van der Waals surface area contributed by atoms with Crippen molar-refractivity contribution in [3.05, 3.63) is 52.2 Å². The van der Waals surface area contributed by atoms with Crippen molar-refractivity contribution in [2.45, 2.75) is 6.92 Å². The fourth-order valence-electron chi connectivity index (χ4n) is 1.89. The van der Waals surface area contributed by atoms with Crippen LogP contribution in [-0.2, 0) is 0 Å². The Balaban J connectivity index is 2.12. The highest BCUT2D eigenvalue weighted by atomic mass is 32.1. The van der Waals surface area contributed by atoms with Crippen molar-refractivity contribution in [3.8, 4) is 11.5 Å². The molecule has 0 aliphatic rings. The molecule has 2 aromatic rings. The van der Waals surface area contributed by atoms with Crippen LogP contribution in [0.1, 0.15) is 17.3 Å². The van der Waals surface area contributed by atoms with Crippen molar-refractivity contribution in [2.24, 2.45) is 0 Å². The molecule has 25 heavy (non-hydrogen) atoms. The monoisotopic (exact) mass is 362 g/mol. The van der Waals surface area contributed by atoms with Crippen LogP contribution in [0.2, 0.25) is 0 Å². The van der Waals surface area contributed by atoms with Gasteiger partial charge in [-0.25, -0.2) is 4.98 Å². The minimum atomic E-state index is -0.654. The quantitative estimate of drug-likeness (QED) is 0.420. The molecule has 0 saturated carbocycles. The van der Waals surface area contributed by atoms with Crippen LogP contribution in [-0.4, -0.2) is 32.6 Å². The van der Waals surface area contributed by atoms with E-state index in [0.717, 1.165) is 6.07 Å². The molecule has 9 nitrogen and oxygen atoms in total. The fraction of sp³-hybridized carbons (Fsp3) is 0.133. The van der Waals surface area contributed by atoms with Gasteiger partial charge in [0.05, 0.1) is 11.5 Å². The summed E-state index contributed by atoms with van der Waals surface area (Å²) in [5, 5.41) is 25.5. The second-order valence-corrected chi connectivity index (χ2v) is 5.06. The molecule has 0 aliphatic heterocycles. The van der Waals surface area contributed by atoms with E-state index in [1.54, 1.807) is 6.92 Å². The van der Waals surface area contributed by atoms with Crippen molar-refractivity contribution in [2.75, 3.05) is 11.9 Å². The lowest BCUT2D eigenvalue weighted by Crippen LogP contribution is -2.34. The van der Waals surface area contributed by atoms with Gasteiger partial charge in [-0.15, -0.1) is 0 Å². The van der Waals surface area contributed by atoms with Crippen LogP contribution in [0.4, 0.5) is 11.5 Å². The number of hydrogen-bond donors (Lipinski definition) is 3. The van der Waals surface area contributed by atoms with Crippen LogP contribution in [0.15, 0.2) is 36.5 Å². The highest BCUT2D eigenvalue weighted by Crippen LogP contribution is 2.28. The minimum absolute atomic E-state index is 0.0320. The van der Waals surface area contributed by atoms with Gasteiger partial charge in [0.25, 0.3) is 5.91 Å². The number of aromatic nitrogens is 1. The summed E-state index contributed by atoms with van der Waals surface area (Å²) in [5.74, 6) is -0.650. The number of anilines is 1. The molecule has 2 rings (SSSR count). The van der Waals surface area contributed by atoms with Crippen LogP contribution < -0.4 is 15.4 Å². The molecule has 1 aromatic heterocycles. The van der Waals surface area contributed by atoms with Crippen molar-refractivity contribution in [1.29, 1.82) is 0 Å². The number of carbonyl (C=O) groups is 1. The Morgan fingerprint density at radius 2 is 2.20 bits per heavy atom. The first kappa shape index (κ1) is 18.1. The van der Waals surface area contributed by atoms with Gasteiger partial charge in [-0.3, -0.25) is 20.2 Å². The molecule has 0 unspecified atom stereocenters. The molecule has 10 heteroatoms. The van der Waals surface area contributed by atoms with Crippen LogP contribution in [0.5, 0.6) is 11.5 Å². The third-order valence-corrected chi connectivity index (χ3v) is 3.17. The van der Waals surface area contributed by atoms with Gasteiger partial charge in [0.2, 0.25) is 0 Å². The van der Waals surface area contributed by atoms with E-state index in [9.17, 15) is 20.0 Å². The van der Waals surface area contributed by atoms with E-state index >= 15 is 0 Å². The van der Waals surface area contributed by atoms with Gasteiger partial charge >= 0.3 is 5.69 Å². The predicted octanol–water partition coefficient (Wildman–Crippen LogP) is 2.22. The van der Waals surface area contributed by atoms with E-state index in [-0.39, 0.29) is 40.3 Å². The number of nitrogens with zero attached hydrogens (tertiary/aromatic N) is 2. The second-order valence-electron chi connectivity index (χ2n) is 4.65. The summed E-state index contributed by atoms with van der Waals surface area (Å²) >= 11 is 4.97. The van der Waals surface area contributed by atoms with Gasteiger partial charge < -0.3 is 15.2 Å². The largest absolute Gasteiger partial charge is 0.504 e. The Bertz CT molecular complexity index is 827. The molecule has 130 valence electrons. The summed E-state index contributed by atoms with van der Waals surface area (Å²) in [5.41, 5.74) is -0.291. The summed E-state index contributed by atoms with van der Waals surface area (Å²) in [7, 11) is 0. The predicted molar refractivity (Wildman–Crippen MR) is 93.9 cm³/mol. The molecular formula is C15H14N4O5S. The highest BCUT2D eigenvalue weighted by Gasteiger charge is 2.19. The molecule has 0 saturated heterocycles. The lowest BCUT2D eigenvalue weighted by atomic mass is 10.1. The molecule has 1 heterocycles. The molecular weight excluding hydrogens is 348 g/mol. The Kier molecular flexibility index (Phi) is 5.79. The second kappa shape index (κ2) is 8.02. The number of nitrogens with one attached hydrogen (secondary N) is 2. The standard InChI is InChI=1S/C15H14N4O5S/c1-2-24-12-6-5-9(8-10(12)19(22)23)14(21)18-15(25)17-13-11(20)4-3-7-16-13/h3-8,20H,2H2,1H3,(H2,16,17,18,21,25). The normalized spacial score (nSPS) is 9.96. The molecule has 1 amide bonds. The number of nitro benzene ring substituents is 1. The third-order valence-electron chi connectivity index (χ3n) is 2.96. The number of aromatic hydroxyl groups is 1. The molecule has 0 aliphatic carbocycles. The molecule has 0 radical (unpaired) electrons. The fourth-order valence-corrected chi connectivity index (χ4v) is 2.08. The highest BCUT2D eigenvalue weighted by molar-refractivity contribution is 7.80. The minimum Gasteiger partial charge on any atom is -0.504 e. The van der Waals surface area contributed by atoms with E-state index in [4.69, 9.17) is 17.0 Å². The zero-order valence-electron chi connectivity index (χ0n) is 13.1. The van der Waals surface area contributed by atoms with Gasteiger partial charge in [0.1, 0.15) is 0 Å². The smallest absolute Gasteiger partial charge is 0.311 e. The maximum Gasteiger partial charge on any atom is 0.311 e. The van der Waals surface area contributed by atoms with Gasteiger partial charge in [0, 0.05) is 17.8 Å². The Hall–Kier alpha value is -3.27. The number of nitro groups is 1. The summed E-state index contributed by atoms with van der Waals surface area (Å²) in [4.78, 5) is 26.5. The number of benzene rings is 1. The Morgan fingerprint density at radius 1 is 1.44 bits per heavy atom. The molecule has 0 bridgehead atoms. The maximum atomic E-state index is 12.2.